The third kappa shape index (κ3) is 6.04. The van der Waals surface area contributed by atoms with Gasteiger partial charge in [0.1, 0.15) is 0 Å². The van der Waals surface area contributed by atoms with Crippen molar-refractivity contribution in [3.8, 4) is 0 Å². The Bertz CT molecular complexity index is 627. The topological polar surface area (TPSA) is 88.5 Å². The highest BCUT2D eigenvalue weighted by Gasteiger charge is 2.24. The molecule has 1 saturated carbocycles. The zero-order valence-corrected chi connectivity index (χ0v) is 16.2. The molecule has 2 aliphatic rings. The van der Waals surface area contributed by atoms with E-state index in [9.17, 15) is 9.59 Å². The molecule has 0 bridgehead atoms. The number of ether oxygens (including phenoxy) is 1. The Morgan fingerprint density at radius 1 is 1.22 bits per heavy atom. The predicted molar refractivity (Wildman–Crippen MR) is 102 cm³/mol. The van der Waals surface area contributed by atoms with Crippen molar-refractivity contribution in [2.45, 2.75) is 51.6 Å². The lowest BCUT2D eigenvalue weighted by Gasteiger charge is -2.28. The zero-order valence-electron chi connectivity index (χ0n) is 16.2. The number of morpholine rings is 1. The first-order valence-corrected chi connectivity index (χ1v) is 10.1. The van der Waals surface area contributed by atoms with Crippen LogP contribution in [0, 0.1) is 5.92 Å². The highest BCUT2D eigenvalue weighted by atomic mass is 16.5. The van der Waals surface area contributed by atoms with Crippen molar-refractivity contribution in [2.24, 2.45) is 5.92 Å². The molecule has 2 amide bonds. The summed E-state index contributed by atoms with van der Waals surface area (Å²) in [4.78, 5) is 26.7. The number of hydrogen-bond acceptors (Lipinski definition) is 5. The summed E-state index contributed by atoms with van der Waals surface area (Å²) in [7, 11) is 0. The number of amides is 2. The van der Waals surface area contributed by atoms with Crippen LogP contribution in [0.15, 0.2) is 12.4 Å². The average molecular weight is 377 g/mol. The van der Waals surface area contributed by atoms with E-state index in [1.165, 1.54) is 6.42 Å². The van der Waals surface area contributed by atoms with E-state index in [1.54, 1.807) is 17.1 Å². The Balaban J connectivity index is 1.42. The van der Waals surface area contributed by atoms with Gasteiger partial charge in [0, 0.05) is 31.9 Å². The van der Waals surface area contributed by atoms with Crippen molar-refractivity contribution < 1.29 is 14.3 Å². The van der Waals surface area contributed by atoms with Gasteiger partial charge in [0.15, 0.2) is 0 Å². The molecule has 0 aromatic carbocycles. The molecular formula is C19H31N5O3. The Hall–Kier alpha value is -1.93. The summed E-state index contributed by atoms with van der Waals surface area (Å²) in [5.74, 6) is -0.531. The van der Waals surface area contributed by atoms with Crippen LogP contribution in [0.4, 0.5) is 5.69 Å². The first-order valence-electron chi connectivity index (χ1n) is 10.1. The van der Waals surface area contributed by atoms with Crippen LogP contribution in [0.1, 0.15) is 39.0 Å². The van der Waals surface area contributed by atoms with E-state index in [0.717, 1.165) is 65.1 Å². The van der Waals surface area contributed by atoms with Crippen molar-refractivity contribution in [2.75, 3.05) is 38.2 Å². The Morgan fingerprint density at radius 2 is 2.04 bits per heavy atom. The number of nitrogens with one attached hydrogen (secondary N) is 2. The molecule has 0 spiro atoms. The van der Waals surface area contributed by atoms with Gasteiger partial charge in [-0.1, -0.05) is 26.2 Å². The van der Waals surface area contributed by atoms with Gasteiger partial charge in [-0.25, -0.2) is 0 Å². The van der Waals surface area contributed by atoms with E-state index in [-0.39, 0.29) is 6.04 Å². The first-order chi connectivity index (χ1) is 13.1. The number of carbonyl (C=O) groups is 2. The summed E-state index contributed by atoms with van der Waals surface area (Å²) in [5.41, 5.74) is 0.548. The molecule has 2 N–H and O–H groups in total. The van der Waals surface area contributed by atoms with E-state index in [4.69, 9.17) is 4.74 Å². The van der Waals surface area contributed by atoms with E-state index >= 15 is 0 Å². The van der Waals surface area contributed by atoms with E-state index in [1.807, 2.05) is 0 Å². The summed E-state index contributed by atoms with van der Waals surface area (Å²) in [6.07, 6.45) is 8.73. The third-order valence-corrected chi connectivity index (χ3v) is 5.54. The molecular weight excluding hydrogens is 346 g/mol. The van der Waals surface area contributed by atoms with E-state index < -0.39 is 11.8 Å². The second kappa shape index (κ2) is 9.85. The van der Waals surface area contributed by atoms with E-state index in [2.05, 4.69) is 27.6 Å². The van der Waals surface area contributed by atoms with Crippen LogP contribution in [0.2, 0.25) is 0 Å². The number of nitrogens with zero attached hydrogens (tertiary/aromatic N) is 3. The maximum Gasteiger partial charge on any atom is 0.313 e. The lowest BCUT2D eigenvalue weighted by atomic mass is 9.84. The predicted octanol–water partition coefficient (Wildman–Crippen LogP) is 1.24. The molecule has 27 heavy (non-hydrogen) atoms. The molecule has 2 heterocycles. The number of rotatable bonds is 6. The van der Waals surface area contributed by atoms with Gasteiger partial charge in [-0.15, -0.1) is 0 Å². The van der Waals surface area contributed by atoms with Crippen LogP contribution in [0.25, 0.3) is 0 Å². The SMILES string of the molecule is CC[C@@H]1CCC[C@@H](NC(=O)C(=O)Nc2cnn(CCN3CCOCC3)c2)C1. The van der Waals surface area contributed by atoms with Gasteiger partial charge in [-0.3, -0.25) is 19.2 Å². The highest BCUT2D eigenvalue weighted by molar-refractivity contribution is 6.39. The van der Waals surface area contributed by atoms with Crippen LogP contribution in [0.5, 0.6) is 0 Å². The van der Waals surface area contributed by atoms with Crippen LogP contribution < -0.4 is 10.6 Å². The fourth-order valence-electron chi connectivity index (χ4n) is 3.85. The molecule has 1 aromatic heterocycles. The maximum atomic E-state index is 12.2. The molecule has 0 unspecified atom stereocenters. The monoisotopic (exact) mass is 377 g/mol. The minimum Gasteiger partial charge on any atom is -0.379 e. The van der Waals surface area contributed by atoms with Crippen molar-refractivity contribution in [1.82, 2.24) is 20.0 Å². The number of aromatic nitrogens is 2. The van der Waals surface area contributed by atoms with Crippen LogP contribution >= 0.6 is 0 Å². The second-order valence-electron chi connectivity index (χ2n) is 7.51. The van der Waals surface area contributed by atoms with Crippen LogP contribution in [-0.2, 0) is 20.9 Å². The standard InChI is InChI=1S/C19H31N5O3/c1-2-15-4-3-5-16(12-15)21-18(25)19(26)22-17-13-20-24(14-17)7-6-23-8-10-27-11-9-23/h13-16H,2-12H2,1H3,(H,21,25)(H,22,26)/t15-,16-/m1/s1. The van der Waals surface area contributed by atoms with Gasteiger partial charge in [-0.2, -0.15) is 5.10 Å². The number of carbonyl (C=O) groups excluding carboxylic acids is 2. The number of anilines is 1. The fourth-order valence-corrected chi connectivity index (χ4v) is 3.85. The van der Waals surface area contributed by atoms with Crippen LogP contribution in [0.3, 0.4) is 0 Å². The highest BCUT2D eigenvalue weighted by Crippen LogP contribution is 2.26. The third-order valence-electron chi connectivity index (χ3n) is 5.54. The Labute approximate surface area is 160 Å². The zero-order chi connectivity index (χ0) is 19.1. The molecule has 1 aliphatic heterocycles. The molecule has 2 fully saturated rings. The van der Waals surface area contributed by atoms with E-state index in [0.29, 0.717) is 11.6 Å². The van der Waals surface area contributed by atoms with Crippen molar-refractivity contribution >= 4 is 17.5 Å². The first kappa shape index (κ1) is 19.8. The lowest BCUT2D eigenvalue weighted by molar-refractivity contribution is -0.136. The van der Waals surface area contributed by atoms with Gasteiger partial charge in [0.05, 0.1) is 31.6 Å². The molecule has 1 aromatic rings. The molecule has 2 atom stereocenters. The summed E-state index contributed by atoms with van der Waals surface area (Å²) in [5, 5.41) is 9.79. The van der Waals surface area contributed by atoms with Gasteiger partial charge in [-0.05, 0) is 18.8 Å². The second-order valence-corrected chi connectivity index (χ2v) is 7.51. The average Bonchev–Trinajstić information content (AvgIpc) is 3.14. The summed E-state index contributed by atoms with van der Waals surface area (Å²) in [6.45, 7) is 7.22. The van der Waals surface area contributed by atoms with Gasteiger partial charge < -0.3 is 15.4 Å². The molecule has 1 saturated heterocycles. The summed E-state index contributed by atoms with van der Waals surface area (Å²) >= 11 is 0. The smallest absolute Gasteiger partial charge is 0.313 e. The van der Waals surface area contributed by atoms with Crippen molar-refractivity contribution in [1.29, 1.82) is 0 Å². The van der Waals surface area contributed by atoms with Gasteiger partial charge in [0.25, 0.3) is 0 Å². The molecule has 1 aliphatic carbocycles. The van der Waals surface area contributed by atoms with Gasteiger partial charge in [0.2, 0.25) is 0 Å². The Morgan fingerprint density at radius 3 is 2.81 bits per heavy atom. The van der Waals surface area contributed by atoms with Crippen molar-refractivity contribution in [3.05, 3.63) is 12.4 Å². The largest absolute Gasteiger partial charge is 0.379 e. The quantitative estimate of drug-likeness (QED) is 0.728. The molecule has 8 nitrogen and oxygen atoms in total. The lowest BCUT2D eigenvalue weighted by Crippen LogP contribution is -2.43. The minimum absolute atomic E-state index is 0.109. The number of hydrogen-bond donors (Lipinski definition) is 2. The maximum absolute atomic E-state index is 12.2. The van der Waals surface area contributed by atoms with Crippen molar-refractivity contribution in [3.63, 3.8) is 0 Å². The normalized spacial score (nSPS) is 23.7. The Kier molecular flexibility index (Phi) is 7.23. The molecule has 150 valence electrons. The summed E-state index contributed by atoms with van der Waals surface area (Å²) in [6, 6.07) is 0.109. The molecule has 0 radical (unpaired) electrons. The van der Waals surface area contributed by atoms with Crippen LogP contribution in [-0.4, -0.2) is 65.4 Å². The van der Waals surface area contributed by atoms with Gasteiger partial charge >= 0.3 is 11.8 Å². The fraction of sp³-hybridized carbons (Fsp3) is 0.737. The summed E-state index contributed by atoms with van der Waals surface area (Å²) < 4.78 is 7.13. The molecule has 3 rings (SSSR count). The molecule has 8 heteroatoms. The minimum atomic E-state index is -0.624.